The lowest BCUT2D eigenvalue weighted by Crippen LogP contribution is -2.33. The number of nitrogens with one attached hydrogen (secondary N) is 1. The predicted octanol–water partition coefficient (Wildman–Crippen LogP) is 2.46. The van der Waals surface area contributed by atoms with Crippen LogP contribution in [0.4, 0.5) is 8.78 Å². The number of amides is 1. The van der Waals surface area contributed by atoms with E-state index >= 15 is 0 Å². The van der Waals surface area contributed by atoms with E-state index in [0.29, 0.717) is 12.0 Å². The van der Waals surface area contributed by atoms with E-state index in [0.717, 1.165) is 31.9 Å². The minimum absolute atomic E-state index is 0.0477. The van der Waals surface area contributed by atoms with Gasteiger partial charge < -0.3 is 10.2 Å². The molecule has 1 N–H and O–H groups in total. The molecule has 1 aromatic carbocycles. The van der Waals surface area contributed by atoms with Gasteiger partial charge in [0, 0.05) is 30.6 Å². The van der Waals surface area contributed by atoms with Crippen molar-refractivity contribution in [2.45, 2.75) is 38.3 Å². The van der Waals surface area contributed by atoms with Crippen LogP contribution < -0.4 is 5.32 Å². The lowest BCUT2D eigenvalue weighted by molar-refractivity contribution is -0.132. The molecule has 0 aromatic heterocycles. The molecular formula is C15H20F2N2O. The van der Waals surface area contributed by atoms with Gasteiger partial charge in [-0.1, -0.05) is 6.07 Å². The Hall–Kier alpha value is -1.49. The first-order valence-electron chi connectivity index (χ1n) is 7.00. The monoisotopic (exact) mass is 282 g/mol. The highest BCUT2D eigenvalue weighted by atomic mass is 19.1. The third kappa shape index (κ3) is 4.00. The first-order chi connectivity index (χ1) is 9.61. The second-order valence-electron chi connectivity index (χ2n) is 5.20. The number of benzene rings is 1. The summed E-state index contributed by atoms with van der Waals surface area (Å²) < 4.78 is 26.6. The zero-order valence-corrected chi connectivity index (χ0v) is 11.7. The van der Waals surface area contributed by atoms with E-state index < -0.39 is 11.6 Å². The van der Waals surface area contributed by atoms with Gasteiger partial charge in [0.1, 0.15) is 11.6 Å². The number of carbonyl (C=O) groups is 1. The quantitative estimate of drug-likeness (QED) is 0.779. The fourth-order valence-corrected chi connectivity index (χ4v) is 2.20. The van der Waals surface area contributed by atoms with Gasteiger partial charge in [-0.05, 0) is 38.9 Å². The van der Waals surface area contributed by atoms with Crippen LogP contribution in [0.1, 0.15) is 31.2 Å². The number of nitrogens with zero attached hydrogens (tertiary/aromatic N) is 1. The van der Waals surface area contributed by atoms with Gasteiger partial charge in [0.15, 0.2) is 0 Å². The Kier molecular flexibility index (Phi) is 5.06. The molecular weight excluding hydrogens is 262 g/mol. The molecule has 1 aliphatic rings. The van der Waals surface area contributed by atoms with E-state index in [1.54, 1.807) is 4.90 Å². The highest BCUT2D eigenvalue weighted by molar-refractivity contribution is 5.76. The van der Waals surface area contributed by atoms with Crippen molar-refractivity contribution in [3.63, 3.8) is 0 Å². The van der Waals surface area contributed by atoms with E-state index in [4.69, 9.17) is 0 Å². The number of halogens is 2. The molecule has 1 fully saturated rings. The molecule has 2 rings (SSSR count). The molecule has 1 amide bonds. The summed E-state index contributed by atoms with van der Waals surface area (Å²) in [6, 6.07) is 3.74. The normalized spacial score (nSPS) is 14.3. The van der Waals surface area contributed by atoms with Gasteiger partial charge in [-0.3, -0.25) is 4.79 Å². The molecule has 5 heteroatoms. The molecule has 0 bridgehead atoms. The lowest BCUT2D eigenvalue weighted by atomic mass is 10.1. The van der Waals surface area contributed by atoms with Crippen LogP contribution in [0.5, 0.6) is 0 Å². The smallest absolute Gasteiger partial charge is 0.223 e. The standard InChI is InChI=1S/C15H20F2N2O/c1-18-8-2-3-15(20)19(13-6-7-13)10-11-4-5-12(16)9-14(11)17/h4-5,9,13,18H,2-3,6-8,10H2,1H3. The van der Waals surface area contributed by atoms with Crippen molar-refractivity contribution in [3.8, 4) is 0 Å². The molecule has 1 aromatic rings. The first-order valence-corrected chi connectivity index (χ1v) is 7.00. The number of carbonyl (C=O) groups excluding carboxylic acids is 1. The van der Waals surface area contributed by atoms with Gasteiger partial charge in [-0.25, -0.2) is 8.78 Å². The van der Waals surface area contributed by atoms with Gasteiger partial charge in [0.05, 0.1) is 0 Å². The summed E-state index contributed by atoms with van der Waals surface area (Å²) in [6.45, 7) is 1.02. The summed E-state index contributed by atoms with van der Waals surface area (Å²) >= 11 is 0. The third-order valence-electron chi connectivity index (χ3n) is 3.48. The van der Waals surface area contributed by atoms with E-state index in [-0.39, 0.29) is 18.5 Å². The summed E-state index contributed by atoms with van der Waals surface area (Å²) in [7, 11) is 1.84. The molecule has 3 nitrogen and oxygen atoms in total. The predicted molar refractivity (Wildman–Crippen MR) is 73.1 cm³/mol. The van der Waals surface area contributed by atoms with Crippen molar-refractivity contribution in [2.75, 3.05) is 13.6 Å². The SMILES string of the molecule is CNCCCC(=O)N(Cc1ccc(F)cc1F)C1CC1. The average molecular weight is 282 g/mol. The van der Waals surface area contributed by atoms with Crippen molar-refractivity contribution in [1.82, 2.24) is 10.2 Å². The Morgan fingerprint density at radius 2 is 2.15 bits per heavy atom. The van der Waals surface area contributed by atoms with E-state index in [1.807, 2.05) is 7.05 Å². The van der Waals surface area contributed by atoms with Gasteiger partial charge >= 0.3 is 0 Å². The third-order valence-corrected chi connectivity index (χ3v) is 3.48. The molecule has 0 unspecified atom stereocenters. The molecule has 0 radical (unpaired) electrons. The molecule has 0 saturated heterocycles. The summed E-state index contributed by atoms with van der Waals surface area (Å²) in [5.74, 6) is -1.13. The Bertz CT molecular complexity index is 475. The number of hydrogen-bond acceptors (Lipinski definition) is 2. The Morgan fingerprint density at radius 1 is 1.40 bits per heavy atom. The highest BCUT2D eigenvalue weighted by Crippen LogP contribution is 2.29. The largest absolute Gasteiger partial charge is 0.335 e. The second kappa shape index (κ2) is 6.79. The van der Waals surface area contributed by atoms with Crippen LogP contribution in [-0.2, 0) is 11.3 Å². The van der Waals surface area contributed by atoms with Crippen molar-refractivity contribution in [2.24, 2.45) is 0 Å². The summed E-state index contributed by atoms with van der Waals surface area (Å²) in [5, 5.41) is 3.00. The zero-order chi connectivity index (χ0) is 14.5. The van der Waals surface area contributed by atoms with Gasteiger partial charge in [-0.2, -0.15) is 0 Å². The van der Waals surface area contributed by atoms with Gasteiger partial charge in [0.2, 0.25) is 5.91 Å². The molecule has 20 heavy (non-hydrogen) atoms. The van der Waals surface area contributed by atoms with Crippen LogP contribution in [0.2, 0.25) is 0 Å². The first kappa shape index (κ1) is 14.9. The molecule has 0 heterocycles. The molecule has 0 atom stereocenters. The highest BCUT2D eigenvalue weighted by Gasteiger charge is 2.32. The lowest BCUT2D eigenvalue weighted by Gasteiger charge is -2.23. The molecule has 0 spiro atoms. The van der Waals surface area contributed by atoms with Crippen molar-refractivity contribution >= 4 is 5.91 Å². The molecule has 110 valence electrons. The summed E-state index contributed by atoms with van der Waals surface area (Å²) in [4.78, 5) is 13.9. The number of hydrogen-bond donors (Lipinski definition) is 1. The van der Waals surface area contributed by atoms with Crippen LogP contribution >= 0.6 is 0 Å². The Balaban J connectivity index is 2.00. The fraction of sp³-hybridized carbons (Fsp3) is 0.533. The maximum Gasteiger partial charge on any atom is 0.223 e. The minimum atomic E-state index is -0.593. The van der Waals surface area contributed by atoms with Crippen LogP contribution in [0, 0.1) is 11.6 Å². The Labute approximate surface area is 118 Å². The van der Waals surface area contributed by atoms with Crippen LogP contribution in [-0.4, -0.2) is 30.4 Å². The van der Waals surface area contributed by atoms with Crippen molar-refractivity contribution < 1.29 is 13.6 Å². The van der Waals surface area contributed by atoms with E-state index in [9.17, 15) is 13.6 Å². The minimum Gasteiger partial charge on any atom is -0.335 e. The van der Waals surface area contributed by atoms with Gasteiger partial charge in [-0.15, -0.1) is 0 Å². The zero-order valence-electron chi connectivity index (χ0n) is 11.7. The summed E-state index contributed by atoms with van der Waals surface area (Å²) in [6.07, 6.45) is 3.17. The molecule has 1 saturated carbocycles. The molecule has 1 aliphatic carbocycles. The summed E-state index contributed by atoms with van der Waals surface area (Å²) in [5.41, 5.74) is 0.375. The average Bonchev–Trinajstić information content (AvgIpc) is 3.22. The number of rotatable bonds is 7. The molecule has 0 aliphatic heterocycles. The van der Waals surface area contributed by atoms with Gasteiger partial charge in [0.25, 0.3) is 0 Å². The van der Waals surface area contributed by atoms with Crippen LogP contribution in [0.15, 0.2) is 18.2 Å². The van der Waals surface area contributed by atoms with E-state index in [2.05, 4.69) is 5.32 Å². The topological polar surface area (TPSA) is 32.3 Å². The second-order valence-corrected chi connectivity index (χ2v) is 5.20. The van der Waals surface area contributed by atoms with E-state index in [1.165, 1.54) is 12.1 Å². The van der Waals surface area contributed by atoms with Crippen LogP contribution in [0.25, 0.3) is 0 Å². The van der Waals surface area contributed by atoms with Crippen LogP contribution in [0.3, 0.4) is 0 Å². The van der Waals surface area contributed by atoms with Crippen molar-refractivity contribution in [1.29, 1.82) is 0 Å². The fourth-order valence-electron chi connectivity index (χ4n) is 2.20. The maximum atomic E-state index is 13.7. The van der Waals surface area contributed by atoms with Crippen molar-refractivity contribution in [3.05, 3.63) is 35.4 Å². The maximum absolute atomic E-state index is 13.7. The Morgan fingerprint density at radius 3 is 2.75 bits per heavy atom.